The summed E-state index contributed by atoms with van der Waals surface area (Å²) < 4.78 is 5.42. The van der Waals surface area contributed by atoms with Gasteiger partial charge < -0.3 is 9.64 Å². The van der Waals surface area contributed by atoms with Crippen LogP contribution in [0, 0.1) is 0 Å². The van der Waals surface area contributed by atoms with E-state index in [1.807, 2.05) is 67.3 Å². The van der Waals surface area contributed by atoms with Gasteiger partial charge in [-0.25, -0.2) is 0 Å². The van der Waals surface area contributed by atoms with Crippen molar-refractivity contribution in [2.45, 2.75) is 13.8 Å². The van der Waals surface area contributed by atoms with Crippen LogP contribution in [0.4, 0.5) is 0 Å². The maximum atomic E-state index is 12.8. The van der Waals surface area contributed by atoms with Crippen molar-refractivity contribution in [3.63, 3.8) is 0 Å². The smallest absolute Gasteiger partial charge is 0.258 e. The Morgan fingerprint density at radius 2 is 1.67 bits per heavy atom. The van der Waals surface area contributed by atoms with Crippen LogP contribution in [0.3, 0.4) is 0 Å². The minimum absolute atomic E-state index is 0.0105. The maximum Gasteiger partial charge on any atom is 0.258 e. The van der Waals surface area contributed by atoms with Crippen LogP contribution in [0.25, 0.3) is 11.1 Å². The van der Waals surface area contributed by atoms with Crippen LogP contribution < -0.4 is 4.74 Å². The average molecular weight is 283 g/mol. The second kappa shape index (κ2) is 6.93. The lowest BCUT2D eigenvalue weighted by atomic mass is 9.98. The van der Waals surface area contributed by atoms with Crippen LogP contribution >= 0.6 is 0 Å². The summed E-state index contributed by atoms with van der Waals surface area (Å²) in [5, 5.41) is 0. The Bertz CT molecular complexity index is 604. The summed E-state index contributed by atoms with van der Waals surface area (Å²) in [5.74, 6) is 0.629. The third kappa shape index (κ3) is 3.07. The molecule has 0 aromatic heterocycles. The van der Waals surface area contributed by atoms with Gasteiger partial charge in [-0.1, -0.05) is 42.5 Å². The van der Waals surface area contributed by atoms with Crippen molar-refractivity contribution in [2.75, 3.05) is 20.2 Å². The SMILES string of the molecule is CCN(CC)C(=O)c1c(OC)cccc1-c1ccccc1. The molecule has 0 atom stereocenters. The predicted octanol–water partition coefficient (Wildman–Crippen LogP) is 3.84. The number of carbonyl (C=O) groups is 1. The first kappa shape index (κ1) is 15.1. The zero-order valence-electron chi connectivity index (χ0n) is 12.8. The Balaban J connectivity index is 2.59. The van der Waals surface area contributed by atoms with Crippen LogP contribution in [0.1, 0.15) is 24.2 Å². The number of nitrogens with zero attached hydrogens (tertiary/aromatic N) is 1. The molecule has 3 nitrogen and oxygen atoms in total. The molecule has 0 bridgehead atoms. The third-order valence-electron chi connectivity index (χ3n) is 3.60. The quantitative estimate of drug-likeness (QED) is 0.834. The number of hydrogen-bond acceptors (Lipinski definition) is 2. The molecule has 2 aromatic carbocycles. The summed E-state index contributed by atoms with van der Waals surface area (Å²) >= 11 is 0. The van der Waals surface area contributed by atoms with Crippen molar-refractivity contribution in [3.8, 4) is 16.9 Å². The zero-order valence-corrected chi connectivity index (χ0v) is 12.8. The van der Waals surface area contributed by atoms with Crippen LogP contribution in [0.15, 0.2) is 48.5 Å². The molecule has 0 aliphatic rings. The van der Waals surface area contributed by atoms with Gasteiger partial charge in [0, 0.05) is 13.1 Å². The first-order valence-electron chi connectivity index (χ1n) is 7.24. The number of methoxy groups -OCH3 is 1. The van der Waals surface area contributed by atoms with Crippen molar-refractivity contribution in [1.82, 2.24) is 4.90 Å². The van der Waals surface area contributed by atoms with E-state index in [0.717, 1.165) is 11.1 Å². The van der Waals surface area contributed by atoms with E-state index in [1.165, 1.54) is 0 Å². The van der Waals surface area contributed by atoms with Crippen molar-refractivity contribution >= 4 is 5.91 Å². The summed E-state index contributed by atoms with van der Waals surface area (Å²) in [4.78, 5) is 14.6. The Kier molecular flexibility index (Phi) is 4.99. The summed E-state index contributed by atoms with van der Waals surface area (Å²) in [5.41, 5.74) is 2.56. The molecule has 0 fully saturated rings. The predicted molar refractivity (Wildman–Crippen MR) is 85.7 cm³/mol. The molecule has 0 radical (unpaired) electrons. The summed E-state index contributed by atoms with van der Waals surface area (Å²) in [7, 11) is 1.60. The summed E-state index contributed by atoms with van der Waals surface area (Å²) in [6.07, 6.45) is 0. The van der Waals surface area contributed by atoms with Gasteiger partial charge in [-0.15, -0.1) is 0 Å². The molecule has 0 aliphatic carbocycles. The van der Waals surface area contributed by atoms with Gasteiger partial charge in [-0.3, -0.25) is 4.79 Å². The zero-order chi connectivity index (χ0) is 15.2. The fourth-order valence-electron chi connectivity index (χ4n) is 2.45. The van der Waals surface area contributed by atoms with E-state index in [4.69, 9.17) is 4.74 Å². The molecule has 0 saturated carbocycles. The molecule has 0 saturated heterocycles. The van der Waals surface area contributed by atoms with Crippen LogP contribution in [-0.2, 0) is 0 Å². The van der Waals surface area contributed by atoms with E-state index >= 15 is 0 Å². The Hall–Kier alpha value is -2.29. The Labute approximate surface area is 126 Å². The number of amides is 1. The minimum Gasteiger partial charge on any atom is -0.496 e. The highest BCUT2D eigenvalue weighted by atomic mass is 16.5. The highest BCUT2D eigenvalue weighted by Crippen LogP contribution is 2.31. The number of ether oxygens (including phenoxy) is 1. The van der Waals surface area contributed by atoms with Crippen molar-refractivity contribution in [1.29, 1.82) is 0 Å². The summed E-state index contributed by atoms with van der Waals surface area (Å²) in [6, 6.07) is 15.6. The normalized spacial score (nSPS) is 10.2. The topological polar surface area (TPSA) is 29.5 Å². The lowest BCUT2D eigenvalue weighted by molar-refractivity contribution is 0.0770. The number of benzene rings is 2. The fourth-order valence-corrected chi connectivity index (χ4v) is 2.45. The lowest BCUT2D eigenvalue weighted by Crippen LogP contribution is -2.31. The van der Waals surface area contributed by atoms with E-state index in [2.05, 4.69) is 0 Å². The average Bonchev–Trinajstić information content (AvgIpc) is 2.55. The van der Waals surface area contributed by atoms with E-state index in [9.17, 15) is 4.79 Å². The Morgan fingerprint density at radius 1 is 1.00 bits per heavy atom. The fraction of sp³-hybridized carbons (Fsp3) is 0.278. The minimum atomic E-state index is 0.0105. The molecule has 3 heteroatoms. The highest BCUT2D eigenvalue weighted by Gasteiger charge is 2.21. The second-order valence-corrected chi connectivity index (χ2v) is 4.73. The van der Waals surface area contributed by atoms with Crippen LogP contribution in [-0.4, -0.2) is 31.0 Å². The molecule has 0 N–H and O–H groups in total. The van der Waals surface area contributed by atoms with E-state index < -0.39 is 0 Å². The molecule has 0 unspecified atom stereocenters. The monoisotopic (exact) mass is 283 g/mol. The van der Waals surface area contributed by atoms with E-state index in [0.29, 0.717) is 24.4 Å². The lowest BCUT2D eigenvalue weighted by Gasteiger charge is -2.22. The van der Waals surface area contributed by atoms with Crippen molar-refractivity contribution in [2.24, 2.45) is 0 Å². The number of carbonyl (C=O) groups excluding carboxylic acids is 1. The molecule has 2 aromatic rings. The molecular weight excluding hydrogens is 262 g/mol. The van der Waals surface area contributed by atoms with Crippen LogP contribution in [0.5, 0.6) is 5.75 Å². The number of hydrogen-bond donors (Lipinski definition) is 0. The van der Waals surface area contributed by atoms with Gasteiger partial charge in [0.15, 0.2) is 0 Å². The maximum absolute atomic E-state index is 12.8. The van der Waals surface area contributed by atoms with Gasteiger partial charge >= 0.3 is 0 Å². The molecule has 0 heterocycles. The molecule has 110 valence electrons. The molecule has 21 heavy (non-hydrogen) atoms. The van der Waals surface area contributed by atoms with Gasteiger partial charge in [-0.05, 0) is 31.0 Å². The van der Waals surface area contributed by atoms with Crippen LogP contribution in [0.2, 0.25) is 0 Å². The Morgan fingerprint density at radius 3 is 2.24 bits per heavy atom. The number of rotatable bonds is 5. The van der Waals surface area contributed by atoms with Gasteiger partial charge in [0.2, 0.25) is 0 Å². The van der Waals surface area contributed by atoms with E-state index in [-0.39, 0.29) is 5.91 Å². The second-order valence-electron chi connectivity index (χ2n) is 4.73. The van der Waals surface area contributed by atoms with Crippen molar-refractivity contribution < 1.29 is 9.53 Å². The first-order chi connectivity index (χ1) is 10.2. The van der Waals surface area contributed by atoms with Gasteiger partial charge in [-0.2, -0.15) is 0 Å². The molecule has 1 amide bonds. The molecule has 0 aliphatic heterocycles. The van der Waals surface area contributed by atoms with Gasteiger partial charge in [0.1, 0.15) is 5.75 Å². The molecular formula is C18H21NO2. The first-order valence-corrected chi connectivity index (χ1v) is 7.24. The van der Waals surface area contributed by atoms with E-state index in [1.54, 1.807) is 7.11 Å². The van der Waals surface area contributed by atoms with Gasteiger partial charge in [0.25, 0.3) is 5.91 Å². The molecule has 2 rings (SSSR count). The largest absolute Gasteiger partial charge is 0.496 e. The van der Waals surface area contributed by atoms with Crippen molar-refractivity contribution in [3.05, 3.63) is 54.1 Å². The molecule has 0 spiro atoms. The van der Waals surface area contributed by atoms with Gasteiger partial charge in [0.05, 0.1) is 12.7 Å². The third-order valence-corrected chi connectivity index (χ3v) is 3.60. The highest BCUT2D eigenvalue weighted by molar-refractivity contribution is 6.03. The summed E-state index contributed by atoms with van der Waals surface area (Å²) in [6.45, 7) is 5.33. The standard InChI is InChI=1S/C18H21NO2/c1-4-19(5-2)18(20)17-15(12-9-13-16(17)21-3)14-10-7-6-8-11-14/h6-13H,4-5H2,1-3H3.